The van der Waals surface area contributed by atoms with E-state index in [2.05, 4.69) is 10.1 Å². The summed E-state index contributed by atoms with van der Waals surface area (Å²) in [6.07, 6.45) is 1.41. The highest BCUT2D eigenvalue weighted by molar-refractivity contribution is 6.02. The number of amides is 1. The van der Waals surface area contributed by atoms with Gasteiger partial charge in [-0.25, -0.2) is 9.59 Å². The van der Waals surface area contributed by atoms with Gasteiger partial charge in [-0.05, 0) is 54.1 Å². The van der Waals surface area contributed by atoms with Crippen LogP contribution in [0, 0.1) is 0 Å². The zero-order chi connectivity index (χ0) is 19.9. The number of rotatable bonds is 6. The number of anilines is 1. The Morgan fingerprint density at radius 3 is 2.39 bits per heavy atom. The molecule has 0 aliphatic heterocycles. The van der Waals surface area contributed by atoms with E-state index in [0.717, 1.165) is 0 Å². The summed E-state index contributed by atoms with van der Waals surface area (Å²) in [7, 11) is 1.30. The third-order valence-corrected chi connectivity index (χ3v) is 3.84. The van der Waals surface area contributed by atoms with Crippen molar-refractivity contribution in [2.24, 2.45) is 0 Å². The van der Waals surface area contributed by atoms with Crippen LogP contribution < -0.4 is 5.32 Å². The van der Waals surface area contributed by atoms with Gasteiger partial charge in [0.15, 0.2) is 5.76 Å². The molecule has 0 spiro atoms. The molecule has 2 aromatic carbocycles. The van der Waals surface area contributed by atoms with Gasteiger partial charge in [-0.15, -0.1) is 0 Å². The number of nitrogens with one attached hydrogen (secondary N) is 1. The Labute approximate surface area is 160 Å². The monoisotopic (exact) mass is 379 g/mol. The number of methoxy groups -OCH3 is 1. The van der Waals surface area contributed by atoms with Crippen molar-refractivity contribution in [3.05, 3.63) is 89.4 Å². The molecule has 0 fully saturated rings. The maximum absolute atomic E-state index is 12.2. The molecule has 28 heavy (non-hydrogen) atoms. The zero-order valence-corrected chi connectivity index (χ0v) is 15.0. The molecule has 0 saturated heterocycles. The lowest BCUT2D eigenvalue weighted by Crippen LogP contribution is -2.11. The van der Waals surface area contributed by atoms with E-state index >= 15 is 0 Å². The molecule has 7 heteroatoms. The number of hydrogen-bond donors (Lipinski definition) is 1. The van der Waals surface area contributed by atoms with Gasteiger partial charge in [0.2, 0.25) is 0 Å². The molecule has 0 saturated carbocycles. The van der Waals surface area contributed by atoms with Crippen molar-refractivity contribution in [3.63, 3.8) is 0 Å². The Morgan fingerprint density at radius 2 is 1.71 bits per heavy atom. The summed E-state index contributed by atoms with van der Waals surface area (Å²) >= 11 is 0. The lowest BCUT2D eigenvalue weighted by atomic mass is 10.1. The topological polar surface area (TPSA) is 94.8 Å². The molecule has 1 amide bonds. The summed E-state index contributed by atoms with van der Waals surface area (Å²) in [5.41, 5.74) is 1.90. The molecule has 3 aromatic rings. The second-order valence-corrected chi connectivity index (χ2v) is 5.78. The first-order valence-electron chi connectivity index (χ1n) is 8.36. The predicted octanol–water partition coefficient (Wildman–Crippen LogP) is 3.68. The van der Waals surface area contributed by atoms with Gasteiger partial charge in [0.05, 0.1) is 24.5 Å². The van der Waals surface area contributed by atoms with E-state index in [0.29, 0.717) is 22.4 Å². The molecule has 0 unspecified atom stereocenters. The van der Waals surface area contributed by atoms with E-state index in [1.807, 2.05) is 0 Å². The fraction of sp³-hybridized carbons (Fsp3) is 0.0952. The molecule has 3 rings (SSSR count). The summed E-state index contributed by atoms with van der Waals surface area (Å²) in [6.45, 7) is 0.0145. The summed E-state index contributed by atoms with van der Waals surface area (Å²) in [6, 6.07) is 16.1. The van der Waals surface area contributed by atoms with Crippen molar-refractivity contribution in [1.29, 1.82) is 0 Å². The zero-order valence-electron chi connectivity index (χ0n) is 15.0. The van der Waals surface area contributed by atoms with Crippen LogP contribution in [-0.4, -0.2) is 25.0 Å². The van der Waals surface area contributed by atoms with Gasteiger partial charge >= 0.3 is 11.9 Å². The summed E-state index contributed by atoms with van der Waals surface area (Å²) in [5, 5.41) is 2.66. The van der Waals surface area contributed by atoms with Crippen molar-refractivity contribution < 1.29 is 28.3 Å². The molecule has 0 bridgehead atoms. The standard InChI is InChI=1S/C21H17NO6/c1-26-20(24)16-5-2-4-14(12-16)13-28-21(25)15-7-9-17(10-8-15)22-19(23)18-6-3-11-27-18/h2-12H,13H2,1H3,(H,22,23). The van der Waals surface area contributed by atoms with Crippen LogP contribution in [0.3, 0.4) is 0 Å². The van der Waals surface area contributed by atoms with Crippen LogP contribution in [0.25, 0.3) is 0 Å². The van der Waals surface area contributed by atoms with Crippen molar-refractivity contribution >= 4 is 23.5 Å². The largest absolute Gasteiger partial charge is 0.465 e. The first-order valence-corrected chi connectivity index (χ1v) is 8.36. The quantitative estimate of drug-likeness (QED) is 0.657. The van der Waals surface area contributed by atoms with E-state index < -0.39 is 11.9 Å². The fourth-order valence-electron chi connectivity index (χ4n) is 2.43. The molecular weight excluding hydrogens is 362 g/mol. The summed E-state index contributed by atoms with van der Waals surface area (Å²) in [4.78, 5) is 35.7. The number of carbonyl (C=O) groups is 3. The molecule has 1 N–H and O–H groups in total. The van der Waals surface area contributed by atoms with E-state index in [9.17, 15) is 14.4 Å². The highest BCUT2D eigenvalue weighted by Crippen LogP contribution is 2.14. The van der Waals surface area contributed by atoms with Crippen molar-refractivity contribution in [1.82, 2.24) is 0 Å². The minimum Gasteiger partial charge on any atom is -0.465 e. The SMILES string of the molecule is COC(=O)c1cccc(COC(=O)c2ccc(NC(=O)c3ccco3)cc2)c1. The Balaban J connectivity index is 1.57. The first-order chi connectivity index (χ1) is 13.6. The molecule has 1 aromatic heterocycles. The Bertz CT molecular complexity index is 976. The molecule has 0 aliphatic rings. The number of ether oxygens (including phenoxy) is 2. The number of furan rings is 1. The van der Waals surface area contributed by atoms with Gasteiger partial charge in [0.1, 0.15) is 6.61 Å². The van der Waals surface area contributed by atoms with Gasteiger partial charge in [-0.1, -0.05) is 12.1 Å². The second kappa shape index (κ2) is 8.68. The molecule has 0 radical (unpaired) electrons. The Morgan fingerprint density at radius 1 is 0.929 bits per heavy atom. The third kappa shape index (κ3) is 4.64. The molecule has 0 aliphatic carbocycles. The van der Waals surface area contributed by atoms with Crippen LogP contribution in [0.2, 0.25) is 0 Å². The fourth-order valence-corrected chi connectivity index (χ4v) is 2.43. The first kappa shape index (κ1) is 18.9. The normalized spacial score (nSPS) is 10.2. The predicted molar refractivity (Wildman–Crippen MR) is 100 cm³/mol. The highest BCUT2D eigenvalue weighted by Gasteiger charge is 2.12. The van der Waals surface area contributed by atoms with Crippen molar-refractivity contribution in [2.45, 2.75) is 6.61 Å². The smallest absolute Gasteiger partial charge is 0.338 e. The van der Waals surface area contributed by atoms with Crippen molar-refractivity contribution in [3.8, 4) is 0 Å². The number of hydrogen-bond acceptors (Lipinski definition) is 6. The summed E-state index contributed by atoms with van der Waals surface area (Å²) in [5.74, 6) is -1.17. The van der Waals surface area contributed by atoms with Crippen LogP contribution in [0.5, 0.6) is 0 Å². The van der Waals surface area contributed by atoms with E-state index in [1.54, 1.807) is 60.7 Å². The molecule has 0 atom stereocenters. The summed E-state index contributed by atoms with van der Waals surface area (Å²) < 4.78 is 15.0. The van der Waals surface area contributed by atoms with Crippen LogP contribution >= 0.6 is 0 Å². The van der Waals surface area contributed by atoms with E-state index in [4.69, 9.17) is 9.15 Å². The molecule has 142 valence electrons. The van der Waals surface area contributed by atoms with Crippen LogP contribution in [0.1, 0.15) is 36.8 Å². The average Bonchev–Trinajstić information content (AvgIpc) is 3.27. The maximum atomic E-state index is 12.2. The van der Waals surface area contributed by atoms with E-state index in [1.165, 1.54) is 13.4 Å². The Kier molecular flexibility index (Phi) is 5.86. The minimum atomic E-state index is -0.521. The van der Waals surface area contributed by atoms with Gasteiger partial charge in [-0.3, -0.25) is 4.79 Å². The van der Waals surface area contributed by atoms with Crippen LogP contribution in [0.4, 0.5) is 5.69 Å². The number of benzene rings is 2. The Hall–Kier alpha value is -3.87. The van der Waals surface area contributed by atoms with Gasteiger partial charge in [-0.2, -0.15) is 0 Å². The van der Waals surface area contributed by atoms with E-state index in [-0.39, 0.29) is 18.3 Å². The lowest BCUT2D eigenvalue weighted by molar-refractivity contribution is 0.0472. The second-order valence-electron chi connectivity index (χ2n) is 5.78. The van der Waals surface area contributed by atoms with Crippen LogP contribution in [0.15, 0.2) is 71.3 Å². The number of esters is 2. The van der Waals surface area contributed by atoms with Gasteiger partial charge < -0.3 is 19.2 Å². The molecular formula is C21H17NO6. The maximum Gasteiger partial charge on any atom is 0.338 e. The molecule has 1 heterocycles. The van der Waals surface area contributed by atoms with Crippen LogP contribution in [-0.2, 0) is 16.1 Å². The average molecular weight is 379 g/mol. The van der Waals surface area contributed by atoms with Crippen molar-refractivity contribution in [2.75, 3.05) is 12.4 Å². The van der Waals surface area contributed by atoms with Gasteiger partial charge in [0, 0.05) is 5.69 Å². The minimum absolute atomic E-state index is 0.0145. The third-order valence-electron chi connectivity index (χ3n) is 3.84. The molecule has 7 nitrogen and oxygen atoms in total. The number of carbonyl (C=O) groups excluding carboxylic acids is 3. The van der Waals surface area contributed by atoms with Gasteiger partial charge in [0.25, 0.3) is 5.91 Å². The lowest BCUT2D eigenvalue weighted by Gasteiger charge is -2.07. The highest BCUT2D eigenvalue weighted by atomic mass is 16.5.